The zero-order valence-electron chi connectivity index (χ0n) is 15.0. The van der Waals surface area contributed by atoms with Gasteiger partial charge in [0.15, 0.2) is 5.65 Å². The van der Waals surface area contributed by atoms with E-state index in [4.69, 9.17) is 0 Å². The van der Waals surface area contributed by atoms with Gasteiger partial charge in [0.2, 0.25) is 5.91 Å². The summed E-state index contributed by atoms with van der Waals surface area (Å²) >= 11 is 0. The fourth-order valence-corrected chi connectivity index (χ4v) is 3.30. The van der Waals surface area contributed by atoms with E-state index in [0.717, 1.165) is 42.5 Å². The van der Waals surface area contributed by atoms with E-state index in [1.165, 1.54) is 6.20 Å². The van der Waals surface area contributed by atoms with Gasteiger partial charge in [-0.25, -0.2) is 9.67 Å². The Morgan fingerprint density at radius 3 is 2.63 bits per heavy atom. The Morgan fingerprint density at radius 1 is 1.07 bits per heavy atom. The number of carbonyl (C=O) groups is 2. The summed E-state index contributed by atoms with van der Waals surface area (Å²) in [5, 5.41) is 7.86. The van der Waals surface area contributed by atoms with E-state index in [9.17, 15) is 9.59 Å². The lowest BCUT2D eigenvalue weighted by Crippen LogP contribution is -2.38. The number of fused-ring (bicyclic) bond motifs is 1. The molecule has 7 heteroatoms. The predicted octanol–water partition coefficient (Wildman–Crippen LogP) is 1.83. The molecule has 3 heterocycles. The first-order valence-electron chi connectivity index (χ1n) is 9.12. The first kappa shape index (κ1) is 17.2. The summed E-state index contributed by atoms with van der Waals surface area (Å²) in [5.41, 5.74) is 2.28. The van der Waals surface area contributed by atoms with Gasteiger partial charge in [0.1, 0.15) is 0 Å². The third-order valence-corrected chi connectivity index (χ3v) is 4.77. The van der Waals surface area contributed by atoms with Crippen LogP contribution in [-0.4, -0.2) is 51.1 Å². The number of hydrogen-bond donors (Lipinski definition) is 1. The highest BCUT2D eigenvalue weighted by Gasteiger charge is 2.19. The third kappa shape index (κ3) is 3.81. The third-order valence-electron chi connectivity index (χ3n) is 4.77. The number of pyridine rings is 1. The maximum atomic E-state index is 12.4. The molecule has 0 spiro atoms. The Hall–Kier alpha value is -3.22. The van der Waals surface area contributed by atoms with Crippen LogP contribution in [0.4, 0.5) is 0 Å². The number of rotatable bonds is 5. The van der Waals surface area contributed by atoms with Gasteiger partial charge in [0, 0.05) is 24.7 Å². The van der Waals surface area contributed by atoms with Crippen LogP contribution in [-0.2, 0) is 11.3 Å². The standard InChI is InChI=1S/C20H21N5O2/c26-18(24-8-4-5-9-24)13-22-20(27)17-10-16-12-23-25(19(16)21-11-17)14-15-6-2-1-3-7-15/h1-3,6-7,10-12H,4-5,8-9,13-14H2,(H,22,27). The first-order valence-corrected chi connectivity index (χ1v) is 9.12. The molecule has 2 amide bonds. The molecule has 0 bridgehead atoms. The van der Waals surface area contributed by atoms with Crippen molar-refractivity contribution in [3.05, 3.63) is 59.9 Å². The zero-order valence-corrected chi connectivity index (χ0v) is 15.0. The highest BCUT2D eigenvalue weighted by molar-refractivity contribution is 5.98. The number of aromatic nitrogens is 3. The molecule has 0 radical (unpaired) electrons. The van der Waals surface area contributed by atoms with E-state index in [-0.39, 0.29) is 18.4 Å². The molecule has 27 heavy (non-hydrogen) atoms. The van der Waals surface area contributed by atoms with Crippen LogP contribution in [0, 0.1) is 0 Å². The number of likely N-dealkylation sites (tertiary alicyclic amines) is 1. The van der Waals surface area contributed by atoms with E-state index in [0.29, 0.717) is 12.1 Å². The lowest BCUT2D eigenvalue weighted by molar-refractivity contribution is -0.129. The van der Waals surface area contributed by atoms with Crippen LogP contribution in [0.3, 0.4) is 0 Å². The molecule has 0 saturated carbocycles. The van der Waals surface area contributed by atoms with Crippen LogP contribution in [0.1, 0.15) is 28.8 Å². The molecule has 1 aliphatic rings. The lowest BCUT2D eigenvalue weighted by Gasteiger charge is -2.15. The number of nitrogens with one attached hydrogen (secondary N) is 1. The smallest absolute Gasteiger partial charge is 0.253 e. The van der Waals surface area contributed by atoms with Gasteiger partial charge in [0.05, 0.1) is 24.8 Å². The summed E-state index contributed by atoms with van der Waals surface area (Å²) in [4.78, 5) is 30.6. The van der Waals surface area contributed by atoms with E-state index < -0.39 is 0 Å². The van der Waals surface area contributed by atoms with Gasteiger partial charge in [-0.05, 0) is 24.5 Å². The van der Waals surface area contributed by atoms with Gasteiger partial charge in [-0.1, -0.05) is 30.3 Å². The molecule has 0 unspecified atom stereocenters. The SMILES string of the molecule is O=C(NCC(=O)N1CCCC1)c1cnc2c(cnn2Cc2ccccc2)c1. The number of amides is 2. The van der Waals surface area contributed by atoms with Crippen LogP contribution >= 0.6 is 0 Å². The van der Waals surface area contributed by atoms with Gasteiger partial charge < -0.3 is 10.2 Å². The van der Waals surface area contributed by atoms with Gasteiger partial charge in [-0.3, -0.25) is 9.59 Å². The molecule has 2 aromatic heterocycles. The fourth-order valence-electron chi connectivity index (χ4n) is 3.30. The average molecular weight is 363 g/mol. The maximum absolute atomic E-state index is 12.4. The van der Waals surface area contributed by atoms with Crippen molar-refractivity contribution in [2.45, 2.75) is 19.4 Å². The maximum Gasteiger partial charge on any atom is 0.253 e. The van der Waals surface area contributed by atoms with Gasteiger partial charge >= 0.3 is 0 Å². The zero-order chi connectivity index (χ0) is 18.6. The molecular formula is C20H21N5O2. The molecule has 0 atom stereocenters. The van der Waals surface area contributed by atoms with Crippen molar-refractivity contribution in [3.63, 3.8) is 0 Å². The molecule has 0 aliphatic carbocycles. The van der Waals surface area contributed by atoms with Crippen LogP contribution in [0.2, 0.25) is 0 Å². The Balaban J connectivity index is 1.44. The predicted molar refractivity (Wildman–Crippen MR) is 101 cm³/mol. The summed E-state index contributed by atoms with van der Waals surface area (Å²) in [6, 6.07) is 11.8. The largest absolute Gasteiger partial charge is 0.343 e. The molecule has 1 aromatic carbocycles. The van der Waals surface area contributed by atoms with Crippen LogP contribution in [0.25, 0.3) is 11.0 Å². The molecule has 3 aromatic rings. The highest BCUT2D eigenvalue weighted by Crippen LogP contribution is 2.15. The number of hydrogen-bond acceptors (Lipinski definition) is 4. The second-order valence-electron chi connectivity index (χ2n) is 6.70. The van der Waals surface area contributed by atoms with Crippen molar-refractivity contribution in [3.8, 4) is 0 Å². The summed E-state index contributed by atoms with van der Waals surface area (Å²) in [5.74, 6) is -0.335. The Bertz CT molecular complexity index is 961. The van der Waals surface area contributed by atoms with Crippen molar-refractivity contribution in [1.29, 1.82) is 0 Å². The monoisotopic (exact) mass is 363 g/mol. The van der Waals surface area contributed by atoms with Gasteiger partial charge in [-0.15, -0.1) is 0 Å². The first-order chi connectivity index (χ1) is 13.2. The van der Waals surface area contributed by atoms with Gasteiger partial charge in [0.25, 0.3) is 5.91 Å². The van der Waals surface area contributed by atoms with E-state index in [1.807, 2.05) is 35.0 Å². The Kier molecular flexibility index (Phi) is 4.82. The summed E-state index contributed by atoms with van der Waals surface area (Å²) in [7, 11) is 0. The van der Waals surface area contributed by atoms with Crippen molar-refractivity contribution in [2.24, 2.45) is 0 Å². The van der Waals surface area contributed by atoms with Crippen molar-refractivity contribution >= 4 is 22.8 Å². The Morgan fingerprint density at radius 2 is 1.85 bits per heavy atom. The number of nitrogens with zero attached hydrogens (tertiary/aromatic N) is 4. The Labute approximate surface area is 157 Å². The minimum Gasteiger partial charge on any atom is -0.343 e. The minimum absolute atomic E-state index is 0.0180. The lowest BCUT2D eigenvalue weighted by atomic mass is 10.2. The molecule has 1 saturated heterocycles. The quantitative estimate of drug-likeness (QED) is 0.750. The molecule has 4 rings (SSSR count). The fraction of sp³-hybridized carbons (Fsp3) is 0.300. The second-order valence-corrected chi connectivity index (χ2v) is 6.70. The number of benzene rings is 1. The van der Waals surface area contributed by atoms with E-state index in [2.05, 4.69) is 15.4 Å². The highest BCUT2D eigenvalue weighted by atomic mass is 16.2. The second kappa shape index (κ2) is 7.57. The van der Waals surface area contributed by atoms with Crippen molar-refractivity contribution < 1.29 is 9.59 Å². The molecular weight excluding hydrogens is 342 g/mol. The molecule has 1 N–H and O–H groups in total. The number of carbonyl (C=O) groups excluding carboxylic acids is 2. The topological polar surface area (TPSA) is 80.1 Å². The van der Waals surface area contributed by atoms with Gasteiger partial charge in [-0.2, -0.15) is 5.10 Å². The van der Waals surface area contributed by atoms with E-state index >= 15 is 0 Å². The molecule has 7 nitrogen and oxygen atoms in total. The van der Waals surface area contributed by atoms with Crippen molar-refractivity contribution in [1.82, 2.24) is 25.0 Å². The van der Waals surface area contributed by atoms with Crippen LogP contribution in [0.5, 0.6) is 0 Å². The molecule has 1 aliphatic heterocycles. The molecule has 1 fully saturated rings. The van der Waals surface area contributed by atoms with Crippen LogP contribution in [0.15, 0.2) is 48.8 Å². The summed E-state index contributed by atoms with van der Waals surface area (Å²) in [6.07, 6.45) is 5.30. The van der Waals surface area contributed by atoms with Crippen LogP contribution < -0.4 is 5.32 Å². The molecule has 138 valence electrons. The van der Waals surface area contributed by atoms with Crippen molar-refractivity contribution in [2.75, 3.05) is 19.6 Å². The average Bonchev–Trinajstić information content (AvgIpc) is 3.37. The van der Waals surface area contributed by atoms with E-state index in [1.54, 1.807) is 17.2 Å². The summed E-state index contributed by atoms with van der Waals surface area (Å²) in [6.45, 7) is 2.20. The minimum atomic E-state index is -0.298. The normalized spacial score (nSPS) is 13.9. The summed E-state index contributed by atoms with van der Waals surface area (Å²) < 4.78 is 1.81.